The number of amides is 2. The van der Waals surface area contributed by atoms with Gasteiger partial charge in [0.2, 0.25) is 11.8 Å². The molecule has 5 nitrogen and oxygen atoms in total. The van der Waals surface area contributed by atoms with Gasteiger partial charge in [0.05, 0.1) is 12.1 Å². The Balaban J connectivity index is 3.27. The second kappa shape index (κ2) is 11.6. The van der Waals surface area contributed by atoms with Gasteiger partial charge in [-0.1, -0.05) is 103 Å². The predicted octanol–water partition coefficient (Wildman–Crippen LogP) is 4.70. The van der Waals surface area contributed by atoms with Gasteiger partial charge in [0.25, 0.3) is 0 Å². The smallest absolute Gasteiger partial charge is 0.245 e. The van der Waals surface area contributed by atoms with Gasteiger partial charge in [-0.25, -0.2) is 0 Å². The molecule has 0 saturated heterocycles. The van der Waals surface area contributed by atoms with Crippen LogP contribution in [0, 0.1) is 11.3 Å². The Morgan fingerprint density at radius 2 is 1.58 bits per heavy atom. The van der Waals surface area contributed by atoms with Gasteiger partial charge in [0.1, 0.15) is 6.04 Å². The molecule has 0 unspecified atom stereocenters. The van der Waals surface area contributed by atoms with Crippen LogP contribution in [-0.4, -0.2) is 48.9 Å². The van der Waals surface area contributed by atoms with Crippen molar-refractivity contribution in [2.45, 2.75) is 78.9 Å². The summed E-state index contributed by atoms with van der Waals surface area (Å²) < 4.78 is 0. The summed E-state index contributed by atoms with van der Waals surface area (Å²) in [7, 11) is 3.60. The quantitative estimate of drug-likeness (QED) is 0.503. The van der Waals surface area contributed by atoms with E-state index < -0.39 is 22.9 Å². The van der Waals surface area contributed by atoms with Crippen molar-refractivity contribution in [2.24, 2.45) is 11.3 Å². The summed E-state index contributed by atoms with van der Waals surface area (Å²) in [6.45, 7) is 20.0. The Hall–Kier alpha value is -2.40. The number of nitrogens with zero attached hydrogens (tertiary/aromatic N) is 1. The maximum absolute atomic E-state index is 13.7. The summed E-state index contributed by atoms with van der Waals surface area (Å²) in [4.78, 5) is 29.0. The third-order valence-electron chi connectivity index (χ3n) is 6.42. The van der Waals surface area contributed by atoms with Crippen molar-refractivity contribution < 1.29 is 9.59 Å². The predicted molar refractivity (Wildman–Crippen MR) is 139 cm³/mol. The zero-order valence-electron chi connectivity index (χ0n) is 22.3. The number of hydrogen-bond donors (Lipinski definition) is 2. The van der Waals surface area contributed by atoms with E-state index in [1.807, 2.05) is 78.9 Å². The van der Waals surface area contributed by atoms with E-state index in [2.05, 4.69) is 37.1 Å². The lowest BCUT2D eigenvalue weighted by Gasteiger charge is -2.40. The number of likely N-dealkylation sites (N-methyl/N-ethyl adjacent to an activating group) is 2. The molecular weight excluding hydrogens is 410 g/mol. The highest BCUT2D eigenvalue weighted by atomic mass is 16.2. The van der Waals surface area contributed by atoms with E-state index in [9.17, 15) is 9.59 Å². The fraction of sp³-hybridized carbons (Fsp3) is 0.571. The van der Waals surface area contributed by atoms with Gasteiger partial charge in [-0.2, -0.15) is 0 Å². The normalized spacial score (nSPS) is 15.5. The molecule has 0 saturated carbocycles. The number of carbonyl (C=O) groups excluding carboxylic acids is 2. The first kappa shape index (κ1) is 28.6. The van der Waals surface area contributed by atoms with Crippen LogP contribution < -0.4 is 10.6 Å². The van der Waals surface area contributed by atoms with Crippen LogP contribution in [0.15, 0.2) is 54.6 Å². The van der Waals surface area contributed by atoms with E-state index >= 15 is 0 Å². The molecule has 33 heavy (non-hydrogen) atoms. The molecule has 0 aromatic heterocycles. The molecule has 2 amide bonds. The monoisotopic (exact) mass is 455 g/mol. The minimum absolute atomic E-state index is 0.0990. The summed E-state index contributed by atoms with van der Waals surface area (Å²) in [5.41, 5.74) is 1.14. The fourth-order valence-electron chi connectivity index (χ4n) is 4.17. The molecule has 1 rings (SSSR count). The number of nitrogens with one attached hydrogen (secondary N) is 2. The van der Waals surface area contributed by atoms with E-state index in [4.69, 9.17) is 0 Å². The van der Waals surface area contributed by atoms with E-state index in [0.717, 1.165) is 11.1 Å². The van der Waals surface area contributed by atoms with Gasteiger partial charge in [-0.05, 0) is 30.9 Å². The summed E-state index contributed by atoms with van der Waals surface area (Å²) in [6, 6.07) is 8.69. The number of carbonyl (C=O) groups is 2. The minimum Gasteiger partial charge on any atom is -0.342 e. The van der Waals surface area contributed by atoms with Crippen molar-refractivity contribution in [1.82, 2.24) is 15.5 Å². The second-order valence-corrected chi connectivity index (χ2v) is 10.9. The molecule has 5 heteroatoms. The maximum Gasteiger partial charge on any atom is 0.245 e. The first-order valence-corrected chi connectivity index (χ1v) is 11.8. The molecule has 1 aromatic rings. The Labute approximate surface area is 201 Å². The van der Waals surface area contributed by atoms with Crippen LogP contribution in [0.5, 0.6) is 0 Å². The molecule has 184 valence electrons. The molecule has 3 atom stereocenters. The Morgan fingerprint density at radius 3 is 2.00 bits per heavy atom. The zero-order chi connectivity index (χ0) is 25.6. The second-order valence-electron chi connectivity index (χ2n) is 10.9. The van der Waals surface area contributed by atoms with E-state index in [0.29, 0.717) is 0 Å². The van der Waals surface area contributed by atoms with E-state index in [-0.39, 0.29) is 23.8 Å². The molecule has 2 N–H and O–H groups in total. The Bertz CT molecular complexity index is 834. The van der Waals surface area contributed by atoms with Crippen LogP contribution in [0.3, 0.4) is 0 Å². The first-order valence-electron chi connectivity index (χ1n) is 11.8. The highest BCUT2D eigenvalue weighted by Gasteiger charge is 2.41. The van der Waals surface area contributed by atoms with Crippen LogP contribution in [0.25, 0.3) is 0 Å². The largest absolute Gasteiger partial charge is 0.342 e. The lowest BCUT2D eigenvalue weighted by Crippen LogP contribution is -2.61. The maximum atomic E-state index is 13.7. The zero-order valence-corrected chi connectivity index (χ0v) is 22.3. The molecule has 0 bridgehead atoms. The molecule has 1 aromatic carbocycles. The highest BCUT2D eigenvalue weighted by molar-refractivity contribution is 5.91. The van der Waals surface area contributed by atoms with Crippen molar-refractivity contribution in [3.63, 3.8) is 0 Å². The van der Waals surface area contributed by atoms with Gasteiger partial charge < -0.3 is 15.5 Å². The van der Waals surface area contributed by atoms with Gasteiger partial charge in [-0.3, -0.25) is 9.59 Å². The van der Waals surface area contributed by atoms with E-state index in [1.54, 1.807) is 18.0 Å². The molecule has 0 spiro atoms. The molecule has 0 fully saturated rings. The van der Waals surface area contributed by atoms with Crippen molar-refractivity contribution >= 4 is 11.8 Å². The first-order chi connectivity index (χ1) is 15.2. The molecule has 0 aliphatic heterocycles. The lowest BCUT2D eigenvalue weighted by molar-refractivity contribution is -0.140. The fourth-order valence-corrected chi connectivity index (χ4v) is 4.17. The highest BCUT2D eigenvalue weighted by Crippen LogP contribution is 2.29. The van der Waals surface area contributed by atoms with Crippen molar-refractivity contribution in [3.05, 3.63) is 60.2 Å². The van der Waals surface area contributed by atoms with E-state index in [1.165, 1.54) is 0 Å². The third kappa shape index (κ3) is 7.29. The lowest BCUT2D eigenvalue weighted by atomic mass is 9.76. The van der Waals surface area contributed by atoms with Gasteiger partial charge >= 0.3 is 0 Å². The van der Waals surface area contributed by atoms with Crippen LogP contribution in [0.1, 0.15) is 61.0 Å². The minimum atomic E-state index is -0.670. The third-order valence-corrected chi connectivity index (χ3v) is 6.42. The SMILES string of the molecule is C=C/C(C)=C/[C@H](C(C)C)N(C)C(=O)[C@@H](NC(=O)[C@@H](NC)C(C)(C)c1ccccc1)C(C)(C)C. The number of benzene rings is 1. The van der Waals surface area contributed by atoms with Crippen LogP contribution in [-0.2, 0) is 15.0 Å². The Morgan fingerprint density at radius 1 is 1.03 bits per heavy atom. The number of allylic oxidation sites excluding steroid dienone is 2. The molecular formula is C28H45N3O2. The Kier molecular flexibility index (Phi) is 10.1. The molecule has 0 aliphatic rings. The number of rotatable bonds is 10. The van der Waals surface area contributed by atoms with Gasteiger partial charge in [-0.15, -0.1) is 0 Å². The average Bonchev–Trinajstić information content (AvgIpc) is 2.74. The van der Waals surface area contributed by atoms with Crippen LogP contribution in [0.4, 0.5) is 0 Å². The number of hydrogen-bond acceptors (Lipinski definition) is 3. The molecule has 0 heterocycles. The van der Waals surface area contributed by atoms with Crippen LogP contribution >= 0.6 is 0 Å². The standard InChI is InChI=1S/C28H45N3O2/c1-12-20(4)18-22(19(2)3)31(11)26(33)24(27(5,6)7)30-25(32)23(29-10)28(8,9)21-16-14-13-15-17-21/h12-19,22-24,29H,1H2,2-11H3,(H,30,32)/b20-18+/t22-,23-,24-/m1/s1. The summed E-state index contributed by atoms with van der Waals surface area (Å²) in [5.74, 6) is -0.0748. The summed E-state index contributed by atoms with van der Waals surface area (Å²) >= 11 is 0. The topological polar surface area (TPSA) is 61.4 Å². The summed E-state index contributed by atoms with van der Waals surface area (Å²) in [5, 5.41) is 6.27. The summed E-state index contributed by atoms with van der Waals surface area (Å²) in [6.07, 6.45) is 3.85. The van der Waals surface area contributed by atoms with Crippen LogP contribution in [0.2, 0.25) is 0 Å². The molecule has 0 aliphatic carbocycles. The van der Waals surface area contributed by atoms with Crippen molar-refractivity contribution in [2.75, 3.05) is 14.1 Å². The molecule has 0 radical (unpaired) electrons. The average molecular weight is 456 g/mol. The van der Waals surface area contributed by atoms with Crippen molar-refractivity contribution in [3.8, 4) is 0 Å². The van der Waals surface area contributed by atoms with Gasteiger partial charge in [0, 0.05) is 12.5 Å². The van der Waals surface area contributed by atoms with Gasteiger partial charge in [0.15, 0.2) is 0 Å². The van der Waals surface area contributed by atoms with Crippen molar-refractivity contribution in [1.29, 1.82) is 0 Å².